The molecule has 0 bridgehead atoms. The molecule has 160 valence electrons. The Balaban J connectivity index is 1.49. The Bertz CT molecular complexity index is 1280. The average molecular weight is 450 g/mol. The molecule has 2 aliphatic rings. The number of carbonyl (C=O) groups excluding carboxylic acids is 3. The third kappa shape index (κ3) is 3.31. The van der Waals surface area contributed by atoms with Gasteiger partial charge in [-0.3, -0.25) is 14.9 Å². The summed E-state index contributed by atoms with van der Waals surface area (Å²) in [5.41, 5.74) is 1.80. The van der Waals surface area contributed by atoms with Gasteiger partial charge in [-0.25, -0.2) is 9.18 Å². The van der Waals surface area contributed by atoms with Crippen LogP contribution in [0.2, 0.25) is 5.02 Å². The van der Waals surface area contributed by atoms with Gasteiger partial charge in [0, 0.05) is 17.1 Å². The standard InChI is InChI=1S/C24H17ClFN3O3/c25-18-3-1-2-15(10-18)14-4-7-17(8-5-14)24(22(31)27-23(32)28-24)13-29-12-16-6-9-19(26)11-20(16)21(29)30/h1-11H,12-13H2,(H2,27,28,31,32)/t24-/m1/s1. The second-order valence-corrected chi connectivity index (χ2v) is 8.30. The molecule has 6 nitrogen and oxygen atoms in total. The average Bonchev–Trinajstić information content (AvgIpc) is 3.24. The second-order valence-electron chi connectivity index (χ2n) is 7.86. The van der Waals surface area contributed by atoms with Crippen molar-refractivity contribution < 1.29 is 18.8 Å². The SMILES string of the molecule is O=C1NC(=O)[C@@](CN2Cc3ccc(F)cc3C2=O)(c2ccc(-c3cccc(Cl)c3)cc2)N1. The van der Waals surface area contributed by atoms with Crippen molar-refractivity contribution in [2.75, 3.05) is 6.54 Å². The zero-order chi connectivity index (χ0) is 22.5. The highest BCUT2D eigenvalue weighted by Crippen LogP contribution is 2.33. The minimum atomic E-state index is -1.46. The molecule has 32 heavy (non-hydrogen) atoms. The van der Waals surface area contributed by atoms with Crippen LogP contribution in [-0.2, 0) is 16.9 Å². The fourth-order valence-corrected chi connectivity index (χ4v) is 4.45. The zero-order valence-corrected chi connectivity index (χ0v) is 17.4. The Hall–Kier alpha value is -3.71. The first kappa shape index (κ1) is 20.2. The molecule has 1 fully saturated rings. The van der Waals surface area contributed by atoms with Gasteiger partial charge < -0.3 is 10.2 Å². The molecule has 0 spiro atoms. The largest absolute Gasteiger partial charge is 0.331 e. The van der Waals surface area contributed by atoms with E-state index in [4.69, 9.17) is 11.6 Å². The highest BCUT2D eigenvalue weighted by atomic mass is 35.5. The maximum atomic E-state index is 13.6. The number of halogens is 2. The minimum absolute atomic E-state index is 0.0871. The van der Waals surface area contributed by atoms with Gasteiger partial charge in [-0.15, -0.1) is 0 Å². The van der Waals surface area contributed by atoms with Crippen molar-refractivity contribution in [1.29, 1.82) is 0 Å². The second kappa shape index (κ2) is 7.46. The molecule has 2 N–H and O–H groups in total. The van der Waals surface area contributed by atoms with Gasteiger partial charge in [0.2, 0.25) is 0 Å². The molecule has 2 heterocycles. The van der Waals surface area contributed by atoms with Crippen LogP contribution in [0.15, 0.2) is 66.7 Å². The van der Waals surface area contributed by atoms with E-state index >= 15 is 0 Å². The van der Waals surface area contributed by atoms with Crippen molar-refractivity contribution in [3.8, 4) is 11.1 Å². The molecule has 1 atom stereocenters. The first-order valence-corrected chi connectivity index (χ1v) is 10.3. The first-order chi connectivity index (χ1) is 15.4. The summed E-state index contributed by atoms with van der Waals surface area (Å²) in [5, 5.41) is 5.58. The maximum absolute atomic E-state index is 13.6. The molecule has 3 aromatic rings. The third-order valence-electron chi connectivity index (χ3n) is 5.86. The number of carbonyl (C=O) groups is 3. The van der Waals surface area contributed by atoms with Crippen LogP contribution in [0.3, 0.4) is 0 Å². The van der Waals surface area contributed by atoms with E-state index in [1.165, 1.54) is 17.0 Å². The third-order valence-corrected chi connectivity index (χ3v) is 6.09. The topological polar surface area (TPSA) is 78.5 Å². The highest BCUT2D eigenvalue weighted by Gasteiger charge is 2.50. The van der Waals surface area contributed by atoms with E-state index in [-0.39, 0.29) is 24.6 Å². The van der Waals surface area contributed by atoms with Crippen LogP contribution in [0.25, 0.3) is 11.1 Å². The number of benzene rings is 3. The van der Waals surface area contributed by atoms with E-state index in [2.05, 4.69) is 10.6 Å². The number of urea groups is 1. The lowest BCUT2D eigenvalue weighted by molar-refractivity contribution is -0.124. The van der Waals surface area contributed by atoms with Crippen LogP contribution in [0.1, 0.15) is 21.5 Å². The van der Waals surface area contributed by atoms with Crippen LogP contribution in [0, 0.1) is 5.82 Å². The van der Waals surface area contributed by atoms with Gasteiger partial charge in [-0.2, -0.15) is 0 Å². The molecule has 0 aromatic heterocycles. The van der Waals surface area contributed by atoms with Crippen LogP contribution in [0.5, 0.6) is 0 Å². The van der Waals surface area contributed by atoms with Crippen LogP contribution in [0.4, 0.5) is 9.18 Å². The first-order valence-electron chi connectivity index (χ1n) is 9.93. The van der Waals surface area contributed by atoms with Crippen molar-refractivity contribution in [1.82, 2.24) is 15.5 Å². The number of imide groups is 1. The van der Waals surface area contributed by atoms with Crippen molar-refractivity contribution in [2.45, 2.75) is 12.1 Å². The fourth-order valence-electron chi connectivity index (χ4n) is 4.26. The Kier molecular flexibility index (Phi) is 4.71. The zero-order valence-electron chi connectivity index (χ0n) is 16.7. The van der Waals surface area contributed by atoms with Crippen LogP contribution < -0.4 is 10.6 Å². The van der Waals surface area contributed by atoms with E-state index < -0.39 is 23.3 Å². The van der Waals surface area contributed by atoms with Crippen molar-refractivity contribution in [3.05, 3.63) is 94.3 Å². The summed E-state index contributed by atoms with van der Waals surface area (Å²) in [4.78, 5) is 39.3. The van der Waals surface area contributed by atoms with Gasteiger partial charge >= 0.3 is 6.03 Å². The van der Waals surface area contributed by atoms with E-state index in [1.807, 2.05) is 30.3 Å². The lowest BCUT2D eigenvalue weighted by Crippen LogP contribution is -2.52. The molecule has 1 saturated heterocycles. The summed E-state index contributed by atoms with van der Waals surface area (Å²) < 4.78 is 13.6. The van der Waals surface area contributed by atoms with Gasteiger partial charge in [0.05, 0.1) is 6.54 Å². The molecular weight excluding hydrogens is 433 g/mol. The van der Waals surface area contributed by atoms with Gasteiger partial charge in [0.1, 0.15) is 5.82 Å². The van der Waals surface area contributed by atoms with E-state index in [1.54, 1.807) is 24.3 Å². The molecule has 0 unspecified atom stereocenters. The number of fused-ring (bicyclic) bond motifs is 1. The minimum Gasteiger partial charge on any atom is -0.331 e. The van der Waals surface area contributed by atoms with E-state index in [0.29, 0.717) is 16.1 Å². The monoisotopic (exact) mass is 449 g/mol. The van der Waals surface area contributed by atoms with Crippen molar-refractivity contribution in [2.24, 2.45) is 0 Å². The number of nitrogens with one attached hydrogen (secondary N) is 2. The smallest absolute Gasteiger partial charge is 0.322 e. The molecule has 8 heteroatoms. The highest BCUT2D eigenvalue weighted by molar-refractivity contribution is 6.30. The Morgan fingerprint density at radius 1 is 0.969 bits per heavy atom. The van der Waals surface area contributed by atoms with Crippen LogP contribution >= 0.6 is 11.6 Å². The van der Waals surface area contributed by atoms with E-state index in [0.717, 1.165) is 11.1 Å². The molecular formula is C24H17ClFN3O3. The van der Waals surface area contributed by atoms with Crippen molar-refractivity contribution >= 4 is 29.4 Å². The molecule has 0 radical (unpaired) electrons. The summed E-state index contributed by atoms with van der Waals surface area (Å²) >= 11 is 6.08. The van der Waals surface area contributed by atoms with Crippen LogP contribution in [-0.4, -0.2) is 29.3 Å². The summed E-state index contributed by atoms with van der Waals surface area (Å²) in [7, 11) is 0. The lowest BCUT2D eigenvalue weighted by Gasteiger charge is -2.31. The molecule has 0 saturated carbocycles. The fraction of sp³-hybridized carbons (Fsp3) is 0.125. The van der Waals surface area contributed by atoms with Gasteiger partial charge in [-0.05, 0) is 46.5 Å². The quantitative estimate of drug-likeness (QED) is 0.594. The number of hydrogen-bond donors (Lipinski definition) is 2. The Labute approximate surface area is 188 Å². The van der Waals surface area contributed by atoms with Crippen molar-refractivity contribution in [3.63, 3.8) is 0 Å². The predicted molar refractivity (Wildman–Crippen MR) is 116 cm³/mol. The lowest BCUT2D eigenvalue weighted by atomic mass is 9.88. The molecule has 0 aliphatic carbocycles. The number of nitrogens with zero attached hydrogens (tertiary/aromatic N) is 1. The van der Waals surface area contributed by atoms with Gasteiger partial charge in [0.15, 0.2) is 5.54 Å². The molecule has 5 rings (SSSR count). The number of amides is 4. The van der Waals surface area contributed by atoms with Gasteiger partial charge in [-0.1, -0.05) is 54.1 Å². The molecule has 2 aliphatic heterocycles. The Morgan fingerprint density at radius 2 is 1.75 bits per heavy atom. The summed E-state index contributed by atoms with van der Waals surface area (Å²) in [5.74, 6) is -1.44. The van der Waals surface area contributed by atoms with Gasteiger partial charge in [0.25, 0.3) is 11.8 Å². The van der Waals surface area contributed by atoms with E-state index in [9.17, 15) is 18.8 Å². The maximum Gasteiger partial charge on any atom is 0.322 e. The number of rotatable bonds is 4. The predicted octanol–water partition coefficient (Wildman–Crippen LogP) is 3.84. The molecule has 4 amide bonds. The summed E-state index contributed by atoms with van der Waals surface area (Å²) in [6.45, 7) is 0.135. The molecule has 3 aromatic carbocycles. The summed E-state index contributed by atoms with van der Waals surface area (Å²) in [6.07, 6.45) is 0. The number of hydrogen-bond acceptors (Lipinski definition) is 3. The summed E-state index contributed by atoms with van der Waals surface area (Å²) in [6, 6.07) is 17.9. The normalized spacial score (nSPS) is 19.7. The Morgan fingerprint density at radius 3 is 2.44 bits per heavy atom.